The molecule has 1 saturated carbocycles. The zero-order valence-corrected chi connectivity index (χ0v) is 31.3. The topological polar surface area (TPSA) is 160 Å². The highest BCUT2D eigenvalue weighted by atomic mass is 32.2. The predicted molar refractivity (Wildman–Crippen MR) is 191 cm³/mol. The summed E-state index contributed by atoms with van der Waals surface area (Å²) < 4.78 is 79.3. The van der Waals surface area contributed by atoms with Crippen LogP contribution in [0.15, 0.2) is 35.7 Å². The average molecular weight is 779 g/mol. The number of nitrogens with zero attached hydrogens (tertiary/aromatic N) is 4. The van der Waals surface area contributed by atoms with Gasteiger partial charge in [0.1, 0.15) is 39.9 Å². The summed E-state index contributed by atoms with van der Waals surface area (Å²) in [6.07, 6.45) is 1.09. The summed E-state index contributed by atoms with van der Waals surface area (Å²) in [5.41, 5.74) is -1.37. The van der Waals surface area contributed by atoms with Crippen LogP contribution in [-0.4, -0.2) is 96.7 Å². The quantitative estimate of drug-likeness (QED) is 0.314. The minimum atomic E-state index is -4.64. The summed E-state index contributed by atoms with van der Waals surface area (Å²) in [7, 11) is -0.782. The van der Waals surface area contributed by atoms with Gasteiger partial charge in [0.15, 0.2) is 5.69 Å². The molecule has 3 aromatic rings. The molecule has 1 saturated heterocycles. The zero-order valence-electron chi connectivity index (χ0n) is 29.7. The zero-order chi connectivity index (χ0) is 38.3. The van der Waals surface area contributed by atoms with E-state index >= 15 is 0 Å². The third kappa shape index (κ3) is 7.93. The maximum atomic E-state index is 14.2. The predicted octanol–water partition coefficient (Wildman–Crippen LogP) is 5.04. The fourth-order valence-electron chi connectivity index (χ4n) is 6.80. The van der Waals surface area contributed by atoms with E-state index in [0.717, 1.165) is 23.1 Å². The Labute approximate surface area is 309 Å². The van der Waals surface area contributed by atoms with Crippen LogP contribution in [0.4, 0.5) is 18.0 Å². The minimum Gasteiger partial charge on any atom is -0.496 e. The van der Waals surface area contributed by atoms with Crippen molar-refractivity contribution < 1.29 is 45.4 Å². The van der Waals surface area contributed by atoms with Gasteiger partial charge in [-0.3, -0.25) is 14.3 Å². The summed E-state index contributed by atoms with van der Waals surface area (Å²) in [4.78, 5) is 52.9. The summed E-state index contributed by atoms with van der Waals surface area (Å²) in [6.45, 7) is 3.74. The van der Waals surface area contributed by atoms with Gasteiger partial charge in [-0.2, -0.15) is 13.2 Å². The van der Waals surface area contributed by atoms with Crippen molar-refractivity contribution >= 4 is 50.1 Å². The number of urea groups is 1. The number of carbonyl (C=O) groups is 3. The molecule has 2 N–H and O–H groups in total. The summed E-state index contributed by atoms with van der Waals surface area (Å²) in [5.74, 6) is -1.46. The van der Waals surface area contributed by atoms with Crippen molar-refractivity contribution in [1.29, 1.82) is 0 Å². The molecule has 13 nitrogen and oxygen atoms in total. The highest BCUT2D eigenvalue weighted by Gasteiger charge is 2.61. The molecule has 0 unspecified atom stereocenters. The van der Waals surface area contributed by atoms with Crippen molar-refractivity contribution in [2.75, 3.05) is 33.0 Å². The first-order valence-electron chi connectivity index (χ1n) is 17.3. The second-order valence-electron chi connectivity index (χ2n) is 13.5. The molecular weight excluding hydrogens is 738 g/mol. The van der Waals surface area contributed by atoms with Crippen molar-refractivity contribution in [1.82, 2.24) is 29.8 Å². The number of allylic oxidation sites excluding steroid dienone is 1. The number of halogens is 3. The SMILES string of the molecule is CCS(=O)(=O)NC(=O)[C@@]12C[C@H]1/C=C\CCCCN(C)C(=O)N1CC[C@H](Oc3cc(-c4nc(C(F)(F)F)cs4)nc4c(C)c(OC)ccc34)C[C@H]1C(=O)N2. The lowest BCUT2D eigenvalue weighted by Gasteiger charge is -2.40. The molecule has 286 valence electrons. The van der Waals surface area contributed by atoms with Gasteiger partial charge in [0.25, 0.3) is 5.91 Å². The third-order valence-electron chi connectivity index (χ3n) is 9.98. The largest absolute Gasteiger partial charge is 0.496 e. The van der Waals surface area contributed by atoms with Crippen LogP contribution in [-0.2, 0) is 25.8 Å². The van der Waals surface area contributed by atoms with Gasteiger partial charge < -0.3 is 24.6 Å². The number of amides is 4. The molecule has 1 aliphatic carbocycles. The lowest BCUT2D eigenvalue weighted by atomic mass is 9.97. The molecule has 0 spiro atoms. The monoisotopic (exact) mass is 778 g/mol. The molecule has 4 atom stereocenters. The molecule has 1 aromatic carbocycles. The van der Waals surface area contributed by atoms with Crippen LogP contribution in [0, 0.1) is 12.8 Å². The molecule has 2 fully saturated rings. The first-order valence-corrected chi connectivity index (χ1v) is 19.8. The lowest BCUT2D eigenvalue weighted by Crippen LogP contribution is -2.61. The van der Waals surface area contributed by atoms with Crippen molar-refractivity contribution in [3.8, 4) is 22.2 Å². The van der Waals surface area contributed by atoms with Gasteiger partial charge in [-0.25, -0.2) is 23.2 Å². The molecule has 2 aromatic heterocycles. The molecule has 4 heterocycles. The molecule has 6 rings (SSSR count). The van der Waals surface area contributed by atoms with Crippen molar-refractivity contribution in [3.05, 3.63) is 47.0 Å². The number of piperidine rings is 1. The molecule has 0 radical (unpaired) electrons. The van der Waals surface area contributed by atoms with E-state index in [1.165, 1.54) is 25.0 Å². The molecular formula is C35H41F3N6O7S2. The number of alkyl halides is 3. The smallest absolute Gasteiger partial charge is 0.434 e. The van der Waals surface area contributed by atoms with Gasteiger partial charge in [-0.1, -0.05) is 12.2 Å². The first-order chi connectivity index (χ1) is 25.1. The fourth-order valence-corrected chi connectivity index (χ4v) is 8.20. The molecule has 18 heteroatoms. The third-order valence-corrected chi connectivity index (χ3v) is 12.1. The Morgan fingerprint density at radius 3 is 2.64 bits per heavy atom. The number of rotatable bonds is 7. The van der Waals surface area contributed by atoms with Gasteiger partial charge in [-0.05, 0) is 51.7 Å². The number of nitrogens with one attached hydrogen (secondary N) is 2. The minimum absolute atomic E-state index is 0.000632. The van der Waals surface area contributed by atoms with Crippen LogP contribution in [0.5, 0.6) is 11.5 Å². The van der Waals surface area contributed by atoms with E-state index in [-0.39, 0.29) is 47.6 Å². The Kier molecular flexibility index (Phi) is 10.7. The van der Waals surface area contributed by atoms with Crippen molar-refractivity contribution in [2.45, 2.75) is 76.2 Å². The number of hydrogen-bond acceptors (Lipinski definition) is 10. The number of fused-ring (bicyclic) bond motifs is 3. The highest BCUT2D eigenvalue weighted by molar-refractivity contribution is 7.90. The van der Waals surface area contributed by atoms with E-state index in [2.05, 4.69) is 20.0 Å². The van der Waals surface area contributed by atoms with Gasteiger partial charge in [0, 0.05) is 61.3 Å². The molecule has 4 amide bonds. The van der Waals surface area contributed by atoms with Gasteiger partial charge in [0.2, 0.25) is 15.9 Å². The number of benzene rings is 1. The molecule has 0 bridgehead atoms. The summed E-state index contributed by atoms with van der Waals surface area (Å²) in [6, 6.07) is 3.49. The number of aryl methyl sites for hydroxylation is 1. The number of pyridine rings is 1. The highest BCUT2D eigenvalue weighted by Crippen LogP contribution is 2.46. The van der Waals surface area contributed by atoms with Crippen LogP contribution < -0.4 is 19.5 Å². The summed E-state index contributed by atoms with van der Waals surface area (Å²) in [5, 5.41) is 4.32. The fraction of sp³-hybridized carbons (Fsp3) is 0.514. The Balaban J connectivity index is 1.35. The van der Waals surface area contributed by atoms with Crippen molar-refractivity contribution in [2.24, 2.45) is 5.92 Å². The Hall–Kier alpha value is -4.45. The van der Waals surface area contributed by atoms with Gasteiger partial charge in [-0.15, -0.1) is 11.3 Å². The van der Waals surface area contributed by atoms with Crippen LogP contribution in [0.2, 0.25) is 0 Å². The van der Waals surface area contributed by atoms with Crippen LogP contribution in [0.3, 0.4) is 0 Å². The average Bonchev–Trinajstić information content (AvgIpc) is 3.55. The van der Waals surface area contributed by atoms with Gasteiger partial charge >= 0.3 is 12.2 Å². The number of thiazole rings is 1. The van der Waals surface area contributed by atoms with Crippen molar-refractivity contribution in [3.63, 3.8) is 0 Å². The normalized spacial score (nSPS) is 24.8. The second kappa shape index (κ2) is 14.8. The number of methoxy groups -OCH3 is 1. The lowest BCUT2D eigenvalue weighted by molar-refractivity contribution is -0.140. The summed E-state index contributed by atoms with van der Waals surface area (Å²) >= 11 is 0.792. The number of hydrogen-bond donors (Lipinski definition) is 2. The Morgan fingerprint density at radius 2 is 1.94 bits per heavy atom. The molecule has 2 aliphatic heterocycles. The van der Waals surface area contributed by atoms with Crippen LogP contribution in [0.25, 0.3) is 21.6 Å². The maximum absolute atomic E-state index is 14.2. The maximum Gasteiger partial charge on any atom is 0.434 e. The van der Waals surface area contributed by atoms with E-state index in [9.17, 15) is 36.0 Å². The molecule has 3 aliphatic rings. The van der Waals surface area contributed by atoms with Gasteiger partial charge in [0.05, 0.1) is 18.4 Å². The van der Waals surface area contributed by atoms with Crippen LogP contribution >= 0.6 is 11.3 Å². The number of carbonyl (C=O) groups excluding carboxylic acids is 3. The molecule has 53 heavy (non-hydrogen) atoms. The first kappa shape index (κ1) is 38.3. The second-order valence-corrected chi connectivity index (χ2v) is 16.4. The van der Waals surface area contributed by atoms with Crippen LogP contribution in [0.1, 0.15) is 56.7 Å². The Bertz CT molecular complexity index is 2060. The number of aromatic nitrogens is 2. The number of ether oxygens (including phenoxy) is 2. The van der Waals surface area contributed by atoms with E-state index < -0.39 is 57.3 Å². The van der Waals surface area contributed by atoms with E-state index in [1.54, 1.807) is 31.0 Å². The van der Waals surface area contributed by atoms with E-state index in [4.69, 9.17) is 9.47 Å². The number of sulfonamides is 1. The van der Waals surface area contributed by atoms with E-state index in [1.807, 2.05) is 12.2 Å². The standard InChI is InChI=1S/C35H41F3N6O7S2/c1-5-53(48,49)42-32(46)34-18-21(34)10-8-6-7-9-14-43(3)33(47)44-15-13-22(16-25(44)30(45)41-34)51-27-17-24(31-40-28(19-52-31)35(36,37)38)39-29-20(2)26(50-4)12-11-23(27)29/h8,10-12,17,19,21-22,25H,5-7,9,13-16,18H2,1-4H3,(H,41,45)(H,42,46)/b10-8-/t21-,22+,25+,34-/m1/s1. The Morgan fingerprint density at radius 1 is 1.17 bits per heavy atom. The van der Waals surface area contributed by atoms with E-state index in [0.29, 0.717) is 48.0 Å².